The van der Waals surface area contributed by atoms with Crippen LogP contribution in [-0.4, -0.2) is 39.2 Å². The number of thioether (sulfide) groups is 2. The Labute approximate surface area is 114 Å². The molecule has 1 N–H and O–H groups in total. The number of fused-ring (bicyclic) bond motifs is 3. The molecular formula is C12H13N2O2S2+. The molecule has 0 spiro atoms. The first-order chi connectivity index (χ1) is 8.70. The van der Waals surface area contributed by atoms with Crippen LogP contribution in [0.25, 0.3) is 0 Å². The van der Waals surface area contributed by atoms with Gasteiger partial charge in [0, 0.05) is 22.6 Å². The average Bonchev–Trinajstić information content (AvgIpc) is 2.67. The van der Waals surface area contributed by atoms with Gasteiger partial charge in [-0.05, 0) is 12.3 Å². The zero-order valence-corrected chi connectivity index (χ0v) is 11.7. The van der Waals surface area contributed by atoms with Crippen molar-refractivity contribution in [3.8, 4) is 0 Å². The molecule has 18 heavy (non-hydrogen) atoms. The van der Waals surface area contributed by atoms with Gasteiger partial charge in [-0.15, -0.1) is 11.8 Å². The minimum Gasteiger partial charge on any atom is -0.372 e. The van der Waals surface area contributed by atoms with Crippen molar-refractivity contribution in [3.63, 3.8) is 0 Å². The molecule has 1 unspecified atom stereocenters. The molecule has 0 fully saturated rings. The van der Waals surface area contributed by atoms with Crippen molar-refractivity contribution in [2.24, 2.45) is 4.99 Å². The Kier molecular flexibility index (Phi) is 2.88. The molecule has 1 atom stereocenters. The zero-order valence-electron chi connectivity index (χ0n) is 10.1. The van der Waals surface area contributed by atoms with Crippen LogP contribution in [0, 0.1) is 0 Å². The van der Waals surface area contributed by atoms with Crippen LogP contribution in [0.3, 0.4) is 0 Å². The third-order valence-electron chi connectivity index (χ3n) is 3.08. The van der Waals surface area contributed by atoms with Crippen molar-refractivity contribution in [3.05, 3.63) is 29.8 Å². The summed E-state index contributed by atoms with van der Waals surface area (Å²) in [7, 11) is 1.61. The van der Waals surface area contributed by atoms with E-state index in [1.807, 2.05) is 30.5 Å². The molecule has 0 bridgehead atoms. The smallest absolute Gasteiger partial charge is 0.313 e. The van der Waals surface area contributed by atoms with Gasteiger partial charge in [0.25, 0.3) is 5.69 Å². The fourth-order valence-corrected chi connectivity index (χ4v) is 3.91. The summed E-state index contributed by atoms with van der Waals surface area (Å²) < 4.78 is 2.65. The number of rotatable bonds is 1. The van der Waals surface area contributed by atoms with Crippen LogP contribution in [0.15, 0.2) is 29.3 Å². The summed E-state index contributed by atoms with van der Waals surface area (Å²) in [6, 6.07) is 7.73. The first-order valence-electron chi connectivity index (χ1n) is 5.50. The molecule has 1 aromatic carbocycles. The molecule has 0 aliphatic carbocycles. The van der Waals surface area contributed by atoms with Crippen LogP contribution < -0.4 is 0 Å². The van der Waals surface area contributed by atoms with Crippen LogP contribution in [-0.2, 0) is 10.4 Å². The van der Waals surface area contributed by atoms with Crippen molar-refractivity contribution >= 4 is 38.6 Å². The van der Waals surface area contributed by atoms with Gasteiger partial charge in [-0.3, -0.25) is 9.83 Å². The first kappa shape index (κ1) is 12.1. The number of aliphatic hydroxyl groups is 1. The van der Waals surface area contributed by atoms with E-state index in [1.165, 1.54) is 11.8 Å². The van der Waals surface area contributed by atoms with E-state index in [4.69, 9.17) is 4.84 Å². The Bertz CT molecular complexity index is 571. The molecule has 2 aliphatic heterocycles. The highest BCUT2D eigenvalue weighted by Crippen LogP contribution is 2.45. The monoisotopic (exact) mass is 281 g/mol. The SMILES string of the molecule is CO[N+]1=C2SC(SC)=NCC2(O)c2ccccc21. The largest absolute Gasteiger partial charge is 0.372 e. The molecule has 0 saturated carbocycles. The van der Waals surface area contributed by atoms with E-state index in [-0.39, 0.29) is 0 Å². The van der Waals surface area contributed by atoms with Gasteiger partial charge in [0.1, 0.15) is 11.5 Å². The lowest BCUT2D eigenvalue weighted by Crippen LogP contribution is -2.39. The van der Waals surface area contributed by atoms with E-state index in [0.717, 1.165) is 20.7 Å². The molecule has 0 saturated heterocycles. The number of hydrogen-bond acceptors (Lipinski definition) is 5. The predicted octanol–water partition coefficient (Wildman–Crippen LogP) is 1.96. The highest BCUT2D eigenvalue weighted by molar-refractivity contribution is 8.44. The minimum atomic E-state index is -1.05. The Hall–Kier alpha value is -0.980. The van der Waals surface area contributed by atoms with E-state index >= 15 is 0 Å². The molecule has 2 aliphatic rings. The van der Waals surface area contributed by atoms with Crippen molar-refractivity contribution < 1.29 is 14.7 Å². The van der Waals surface area contributed by atoms with Gasteiger partial charge < -0.3 is 5.11 Å². The van der Waals surface area contributed by atoms with Crippen LogP contribution >= 0.6 is 23.5 Å². The quantitative estimate of drug-likeness (QED) is 0.799. The summed E-state index contributed by atoms with van der Waals surface area (Å²) in [6.45, 7) is 0.350. The molecule has 3 rings (SSSR count). The second-order valence-electron chi connectivity index (χ2n) is 4.05. The Morgan fingerprint density at radius 3 is 3.00 bits per heavy atom. The number of hydrogen-bond donors (Lipinski definition) is 1. The Morgan fingerprint density at radius 1 is 1.50 bits per heavy atom. The summed E-state index contributed by atoms with van der Waals surface area (Å²) in [5, 5.41) is 11.7. The van der Waals surface area contributed by atoms with Crippen LogP contribution in [0.4, 0.5) is 5.69 Å². The standard InChI is InChI=1S/C12H13N2O2S2/c1-16-14-9-6-4-3-5-8(9)12(15)7-13-11(17-2)18-10(12)14/h3-6,15H,7H2,1-2H3/q+1. The third-order valence-corrected chi connectivity index (χ3v) is 5.31. The number of nitrogens with zero attached hydrogens (tertiary/aromatic N) is 2. The maximum Gasteiger partial charge on any atom is 0.313 e. The fourth-order valence-electron chi connectivity index (χ4n) is 2.25. The summed E-state index contributed by atoms with van der Waals surface area (Å²) >= 11 is 3.05. The Morgan fingerprint density at radius 2 is 2.28 bits per heavy atom. The second-order valence-corrected chi connectivity index (χ2v) is 6.08. The number of benzene rings is 1. The lowest BCUT2D eigenvalue weighted by Gasteiger charge is -2.22. The minimum absolute atomic E-state index is 0.350. The summed E-state index contributed by atoms with van der Waals surface area (Å²) in [5.41, 5.74) is 0.706. The van der Waals surface area contributed by atoms with Crippen LogP contribution in [0.5, 0.6) is 0 Å². The fraction of sp³-hybridized carbons (Fsp3) is 0.333. The maximum absolute atomic E-state index is 10.9. The lowest BCUT2D eigenvalue weighted by atomic mass is 9.96. The normalized spacial score (nSPS) is 25.6. The Balaban J connectivity index is 2.20. The van der Waals surface area contributed by atoms with E-state index in [0.29, 0.717) is 6.54 Å². The number of para-hydroxylation sites is 1. The van der Waals surface area contributed by atoms with Gasteiger partial charge in [-0.1, -0.05) is 12.1 Å². The molecular weight excluding hydrogens is 268 g/mol. The highest BCUT2D eigenvalue weighted by atomic mass is 32.2. The first-order valence-corrected chi connectivity index (χ1v) is 7.54. The van der Waals surface area contributed by atoms with Gasteiger partial charge in [0.15, 0.2) is 0 Å². The predicted molar refractivity (Wildman–Crippen MR) is 75.7 cm³/mol. The van der Waals surface area contributed by atoms with Gasteiger partial charge >= 0.3 is 5.04 Å². The van der Waals surface area contributed by atoms with E-state index in [2.05, 4.69) is 4.99 Å². The summed E-state index contributed by atoms with van der Waals surface area (Å²) in [5.74, 6) is 0. The van der Waals surface area contributed by atoms with Crippen LogP contribution in [0.2, 0.25) is 0 Å². The molecule has 0 radical (unpaired) electrons. The third kappa shape index (κ3) is 1.52. The molecule has 1 aromatic rings. The van der Waals surface area contributed by atoms with Crippen LogP contribution in [0.1, 0.15) is 5.56 Å². The van der Waals surface area contributed by atoms with Gasteiger partial charge in [0.05, 0.1) is 12.1 Å². The topological polar surface area (TPSA) is 44.8 Å². The van der Waals surface area contributed by atoms with Gasteiger partial charge in [0.2, 0.25) is 5.60 Å². The zero-order chi connectivity index (χ0) is 12.8. The van der Waals surface area contributed by atoms with Gasteiger partial charge in [-0.25, -0.2) is 0 Å². The molecule has 0 aromatic heterocycles. The molecule has 6 heteroatoms. The summed E-state index contributed by atoms with van der Waals surface area (Å²) in [4.78, 5) is 9.84. The van der Waals surface area contributed by atoms with Crippen molar-refractivity contribution in [1.82, 2.24) is 0 Å². The van der Waals surface area contributed by atoms with E-state index in [9.17, 15) is 5.11 Å². The summed E-state index contributed by atoms with van der Waals surface area (Å²) in [6.07, 6.45) is 1.98. The second kappa shape index (κ2) is 4.29. The van der Waals surface area contributed by atoms with Crippen molar-refractivity contribution in [2.45, 2.75) is 5.60 Å². The van der Waals surface area contributed by atoms with E-state index < -0.39 is 5.60 Å². The average molecular weight is 281 g/mol. The molecule has 0 amide bonds. The molecule has 4 nitrogen and oxygen atoms in total. The molecule has 2 heterocycles. The van der Waals surface area contributed by atoms with Crippen molar-refractivity contribution in [2.75, 3.05) is 19.9 Å². The molecule has 94 valence electrons. The van der Waals surface area contributed by atoms with Gasteiger partial charge in [-0.2, -0.15) is 0 Å². The number of aliphatic imine (C=N–C) groups is 1. The maximum atomic E-state index is 10.9. The lowest BCUT2D eigenvalue weighted by molar-refractivity contribution is -0.717. The van der Waals surface area contributed by atoms with Crippen molar-refractivity contribution in [1.29, 1.82) is 0 Å². The highest BCUT2D eigenvalue weighted by Gasteiger charge is 2.56. The van der Waals surface area contributed by atoms with E-state index in [1.54, 1.807) is 23.6 Å².